The van der Waals surface area contributed by atoms with Crippen LogP contribution in [0.2, 0.25) is 0 Å². The van der Waals surface area contributed by atoms with Crippen LogP contribution in [-0.4, -0.2) is 28.9 Å². The summed E-state index contributed by atoms with van der Waals surface area (Å²) in [5.74, 6) is 1.03. The molecular formula is C23H30FN3O. The van der Waals surface area contributed by atoms with E-state index in [1.165, 1.54) is 6.07 Å². The van der Waals surface area contributed by atoms with Gasteiger partial charge in [0.1, 0.15) is 11.6 Å². The molecule has 0 spiro atoms. The Balaban J connectivity index is 1.40. The van der Waals surface area contributed by atoms with Crippen LogP contribution in [0.4, 0.5) is 10.2 Å². The van der Waals surface area contributed by atoms with Crippen LogP contribution in [0.15, 0.2) is 48.7 Å². The van der Waals surface area contributed by atoms with Gasteiger partial charge in [0.15, 0.2) is 0 Å². The average Bonchev–Trinajstić information content (AvgIpc) is 2.67. The number of halogens is 1. The molecule has 150 valence electrons. The Hall–Kier alpha value is -2.43. The second kappa shape index (κ2) is 10.8. The first-order valence-electron chi connectivity index (χ1n) is 10.4. The van der Waals surface area contributed by atoms with E-state index in [1.54, 1.807) is 18.3 Å². The van der Waals surface area contributed by atoms with Crippen molar-refractivity contribution in [2.45, 2.75) is 51.5 Å². The van der Waals surface area contributed by atoms with Crippen molar-refractivity contribution < 1.29 is 9.18 Å². The molecule has 1 heterocycles. The van der Waals surface area contributed by atoms with Crippen molar-refractivity contribution in [2.75, 3.05) is 18.4 Å². The zero-order valence-electron chi connectivity index (χ0n) is 16.4. The lowest BCUT2D eigenvalue weighted by molar-refractivity contribution is -0.138. The fraction of sp³-hybridized carbons (Fsp3) is 0.478. The highest BCUT2D eigenvalue weighted by Gasteiger charge is 2.29. The summed E-state index contributed by atoms with van der Waals surface area (Å²) in [7, 11) is 0. The van der Waals surface area contributed by atoms with E-state index in [4.69, 9.17) is 0 Å². The molecule has 5 heteroatoms. The summed E-state index contributed by atoms with van der Waals surface area (Å²) in [6.45, 7) is 1.98. The molecule has 4 nitrogen and oxygen atoms in total. The van der Waals surface area contributed by atoms with Crippen LogP contribution in [0.5, 0.6) is 0 Å². The lowest BCUT2D eigenvalue weighted by atomic mass is 9.84. The Labute approximate surface area is 167 Å². The van der Waals surface area contributed by atoms with Gasteiger partial charge in [0.2, 0.25) is 5.91 Å². The van der Waals surface area contributed by atoms with Crippen LogP contribution in [0.3, 0.4) is 0 Å². The molecule has 1 aliphatic carbocycles. The first-order valence-corrected chi connectivity index (χ1v) is 10.4. The van der Waals surface area contributed by atoms with Crippen LogP contribution in [0, 0.1) is 11.7 Å². The number of carbonyl (C=O) groups excluding carboxylic acids is 1. The van der Waals surface area contributed by atoms with Gasteiger partial charge in [0.05, 0.1) is 0 Å². The molecule has 1 aromatic carbocycles. The van der Waals surface area contributed by atoms with E-state index in [2.05, 4.69) is 10.3 Å². The highest BCUT2D eigenvalue weighted by molar-refractivity contribution is 5.79. The lowest BCUT2D eigenvalue weighted by Crippen LogP contribution is -2.39. The summed E-state index contributed by atoms with van der Waals surface area (Å²) in [6, 6.07) is 12.6. The molecule has 3 rings (SSSR count). The van der Waals surface area contributed by atoms with Crippen molar-refractivity contribution in [3.05, 3.63) is 60.0 Å². The third-order valence-electron chi connectivity index (χ3n) is 5.41. The molecule has 0 atom stereocenters. The van der Waals surface area contributed by atoms with Gasteiger partial charge >= 0.3 is 0 Å². The molecule has 0 bridgehead atoms. The SMILES string of the molecule is O=C(C1CCC1)N(CCCCCCNc1ccccn1)Cc1ccccc1F. The number of anilines is 1. The summed E-state index contributed by atoms with van der Waals surface area (Å²) >= 11 is 0. The van der Waals surface area contributed by atoms with Crippen LogP contribution < -0.4 is 5.32 Å². The second-order valence-electron chi connectivity index (χ2n) is 7.53. The van der Waals surface area contributed by atoms with Crippen LogP contribution in [0.25, 0.3) is 0 Å². The van der Waals surface area contributed by atoms with Gasteiger partial charge in [-0.2, -0.15) is 0 Å². The minimum atomic E-state index is -0.227. The number of rotatable bonds is 11. The summed E-state index contributed by atoms with van der Waals surface area (Å²) in [5, 5.41) is 3.31. The molecule has 0 saturated heterocycles. The van der Waals surface area contributed by atoms with E-state index in [0.29, 0.717) is 18.7 Å². The fourth-order valence-electron chi connectivity index (χ4n) is 3.48. The molecule has 1 N–H and O–H groups in total. The summed E-state index contributed by atoms with van der Waals surface area (Å²) in [4.78, 5) is 18.9. The maximum absolute atomic E-state index is 14.0. The smallest absolute Gasteiger partial charge is 0.225 e. The molecule has 0 unspecified atom stereocenters. The number of nitrogens with zero attached hydrogens (tertiary/aromatic N) is 2. The molecule has 0 radical (unpaired) electrons. The molecule has 28 heavy (non-hydrogen) atoms. The van der Waals surface area contributed by atoms with Crippen LogP contribution >= 0.6 is 0 Å². The Morgan fingerprint density at radius 2 is 1.86 bits per heavy atom. The quantitative estimate of drug-likeness (QED) is 0.554. The maximum atomic E-state index is 14.0. The topological polar surface area (TPSA) is 45.2 Å². The van der Waals surface area contributed by atoms with E-state index in [-0.39, 0.29) is 17.6 Å². The number of hydrogen-bond donors (Lipinski definition) is 1. The largest absolute Gasteiger partial charge is 0.370 e. The van der Waals surface area contributed by atoms with Crippen molar-refractivity contribution in [2.24, 2.45) is 5.92 Å². The molecule has 1 fully saturated rings. The predicted octanol–water partition coefficient (Wildman–Crippen LogP) is 5.02. The third-order valence-corrected chi connectivity index (χ3v) is 5.41. The number of unbranched alkanes of at least 4 members (excludes halogenated alkanes) is 3. The fourth-order valence-corrected chi connectivity index (χ4v) is 3.48. The van der Waals surface area contributed by atoms with Crippen molar-refractivity contribution in [1.29, 1.82) is 0 Å². The van der Waals surface area contributed by atoms with Crippen molar-refractivity contribution >= 4 is 11.7 Å². The number of nitrogens with one attached hydrogen (secondary N) is 1. The lowest BCUT2D eigenvalue weighted by Gasteiger charge is -2.32. The Morgan fingerprint density at radius 1 is 1.07 bits per heavy atom. The Morgan fingerprint density at radius 3 is 2.57 bits per heavy atom. The minimum Gasteiger partial charge on any atom is -0.370 e. The van der Waals surface area contributed by atoms with Gasteiger partial charge in [0.25, 0.3) is 0 Å². The van der Waals surface area contributed by atoms with Gasteiger partial charge in [-0.25, -0.2) is 9.37 Å². The van der Waals surface area contributed by atoms with Crippen LogP contribution in [0.1, 0.15) is 50.5 Å². The average molecular weight is 384 g/mol. The standard InChI is InChI=1S/C23H30FN3O/c24-21-13-4-3-10-20(21)18-27(23(28)19-11-9-12-19)17-8-2-1-6-15-25-22-14-5-7-16-26-22/h3-5,7,10,13-14,16,19H,1-2,6,8-9,11-12,15,17-18H2,(H,25,26). The minimum absolute atomic E-state index is 0.148. The number of pyridine rings is 1. The molecule has 1 saturated carbocycles. The van der Waals surface area contributed by atoms with Crippen molar-refractivity contribution in [3.8, 4) is 0 Å². The monoisotopic (exact) mass is 383 g/mol. The van der Waals surface area contributed by atoms with Crippen LogP contribution in [-0.2, 0) is 11.3 Å². The molecule has 1 amide bonds. The normalized spacial score (nSPS) is 13.8. The molecule has 2 aromatic rings. The van der Waals surface area contributed by atoms with Crippen molar-refractivity contribution in [3.63, 3.8) is 0 Å². The van der Waals surface area contributed by atoms with Gasteiger partial charge < -0.3 is 10.2 Å². The molecule has 0 aliphatic heterocycles. The van der Waals surface area contributed by atoms with E-state index in [1.807, 2.05) is 29.2 Å². The van der Waals surface area contributed by atoms with Gasteiger partial charge in [-0.15, -0.1) is 0 Å². The third kappa shape index (κ3) is 6.04. The van der Waals surface area contributed by atoms with Gasteiger partial charge in [-0.1, -0.05) is 43.5 Å². The van der Waals surface area contributed by atoms with E-state index in [9.17, 15) is 9.18 Å². The zero-order valence-corrected chi connectivity index (χ0v) is 16.4. The Bertz CT molecular complexity index is 734. The summed E-state index contributed by atoms with van der Waals surface area (Å²) in [5.41, 5.74) is 0.606. The van der Waals surface area contributed by atoms with Gasteiger partial charge in [-0.3, -0.25) is 4.79 Å². The highest BCUT2D eigenvalue weighted by Crippen LogP contribution is 2.29. The predicted molar refractivity (Wildman–Crippen MR) is 110 cm³/mol. The first kappa shape index (κ1) is 20.3. The molecule has 1 aromatic heterocycles. The number of hydrogen-bond acceptors (Lipinski definition) is 3. The number of amides is 1. The van der Waals surface area contributed by atoms with Gasteiger partial charge in [0, 0.05) is 37.3 Å². The van der Waals surface area contributed by atoms with Gasteiger partial charge in [-0.05, 0) is 43.9 Å². The summed E-state index contributed by atoms with van der Waals surface area (Å²) < 4.78 is 14.0. The summed E-state index contributed by atoms with van der Waals surface area (Å²) in [6.07, 6.45) is 9.06. The maximum Gasteiger partial charge on any atom is 0.225 e. The zero-order chi connectivity index (χ0) is 19.6. The number of aromatic nitrogens is 1. The molecular weight excluding hydrogens is 353 g/mol. The van der Waals surface area contributed by atoms with E-state index in [0.717, 1.165) is 57.3 Å². The number of carbonyl (C=O) groups is 1. The number of benzene rings is 1. The molecule has 1 aliphatic rings. The van der Waals surface area contributed by atoms with Crippen molar-refractivity contribution in [1.82, 2.24) is 9.88 Å². The van der Waals surface area contributed by atoms with E-state index < -0.39 is 0 Å². The highest BCUT2D eigenvalue weighted by atomic mass is 19.1. The van der Waals surface area contributed by atoms with E-state index >= 15 is 0 Å². The second-order valence-corrected chi connectivity index (χ2v) is 7.53. The Kier molecular flexibility index (Phi) is 7.82. The first-order chi connectivity index (χ1) is 13.7.